The summed E-state index contributed by atoms with van der Waals surface area (Å²) in [5.41, 5.74) is 6.98. The third-order valence-corrected chi connectivity index (χ3v) is 9.02. The van der Waals surface area contributed by atoms with Crippen LogP contribution in [0.1, 0.15) is 31.3 Å². The lowest BCUT2D eigenvalue weighted by Crippen LogP contribution is -2.23. The highest BCUT2D eigenvalue weighted by Gasteiger charge is 2.26. The number of nitrogens with zero attached hydrogens (tertiary/aromatic N) is 3. The first-order chi connectivity index (χ1) is 15.6. The highest BCUT2D eigenvalue weighted by molar-refractivity contribution is 7.91. The maximum absolute atomic E-state index is 15.6. The van der Waals surface area contributed by atoms with Crippen molar-refractivity contribution in [3.63, 3.8) is 0 Å². The molecule has 0 spiro atoms. The van der Waals surface area contributed by atoms with Gasteiger partial charge in [-0.3, -0.25) is 0 Å². The molecule has 0 fully saturated rings. The number of thiazole rings is 1. The van der Waals surface area contributed by atoms with Gasteiger partial charge in [0.2, 0.25) is 16.0 Å². The molecule has 1 aromatic carbocycles. The molecule has 0 saturated carbocycles. The first-order valence-electron chi connectivity index (χ1n) is 9.97. The van der Waals surface area contributed by atoms with Crippen LogP contribution in [-0.2, 0) is 22.0 Å². The topological polar surface area (TPSA) is 111 Å². The van der Waals surface area contributed by atoms with Gasteiger partial charge in [-0.25, -0.2) is 32.5 Å². The van der Waals surface area contributed by atoms with E-state index in [0.29, 0.717) is 16.3 Å². The average molecular weight is 504 g/mol. The second-order valence-electron chi connectivity index (χ2n) is 8.28. The van der Waals surface area contributed by atoms with Crippen LogP contribution < -0.4 is 10.5 Å². The molecule has 0 unspecified atom stereocenters. The monoisotopic (exact) mass is 503 g/mol. The van der Waals surface area contributed by atoms with Crippen molar-refractivity contribution in [1.82, 2.24) is 19.7 Å². The molecule has 0 radical (unpaired) electrons. The van der Waals surface area contributed by atoms with E-state index in [2.05, 4.69) is 14.7 Å². The molecule has 3 N–H and O–H groups in total. The summed E-state index contributed by atoms with van der Waals surface area (Å²) in [5, 5.41) is 2.49. The Balaban J connectivity index is 1.76. The van der Waals surface area contributed by atoms with Crippen molar-refractivity contribution in [3.8, 4) is 21.8 Å². The van der Waals surface area contributed by atoms with Gasteiger partial charge >= 0.3 is 0 Å². The fraction of sp³-hybridized carbons (Fsp3) is 0.227. The molecule has 7 nitrogen and oxygen atoms in total. The number of nitrogen functional groups attached to an aromatic ring is 1. The molecule has 4 rings (SSSR count). The molecule has 172 valence electrons. The zero-order chi connectivity index (χ0) is 23.8. The number of hydrogen-bond donors (Lipinski definition) is 2. The van der Waals surface area contributed by atoms with Gasteiger partial charge < -0.3 is 5.73 Å². The largest absolute Gasteiger partial charge is 0.368 e. The van der Waals surface area contributed by atoms with Crippen LogP contribution in [0.4, 0.5) is 10.3 Å². The Morgan fingerprint density at radius 2 is 1.91 bits per heavy atom. The van der Waals surface area contributed by atoms with Crippen LogP contribution in [0, 0.1) is 5.82 Å². The summed E-state index contributed by atoms with van der Waals surface area (Å²) in [6, 6.07) is 9.72. The first kappa shape index (κ1) is 23.4. The number of halogens is 1. The van der Waals surface area contributed by atoms with Gasteiger partial charge in [0.25, 0.3) is 0 Å². The molecule has 0 saturated heterocycles. The van der Waals surface area contributed by atoms with E-state index in [0.717, 1.165) is 16.3 Å². The second kappa shape index (κ2) is 8.90. The molecule has 0 aliphatic heterocycles. The van der Waals surface area contributed by atoms with Gasteiger partial charge in [-0.15, -0.1) is 22.7 Å². The summed E-state index contributed by atoms with van der Waals surface area (Å²) in [6.07, 6.45) is 1.55. The van der Waals surface area contributed by atoms with Crippen molar-refractivity contribution in [2.45, 2.75) is 36.9 Å². The minimum Gasteiger partial charge on any atom is -0.368 e. The van der Waals surface area contributed by atoms with Crippen LogP contribution in [0.5, 0.6) is 0 Å². The van der Waals surface area contributed by atoms with E-state index in [1.54, 1.807) is 41.9 Å². The number of anilines is 1. The van der Waals surface area contributed by atoms with E-state index < -0.39 is 15.8 Å². The lowest BCUT2D eigenvalue weighted by Gasteiger charge is -2.13. The molecule has 0 amide bonds. The molecular weight excluding hydrogens is 481 g/mol. The number of thiophene rings is 1. The zero-order valence-corrected chi connectivity index (χ0v) is 20.6. The fourth-order valence-corrected chi connectivity index (χ4v) is 6.21. The molecule has 3 aromatic heterocycles. The summed E-state index contributed by atoms with van der Waals surface area (Å²) in [6.45, 7) is 5.89. The van der Waals surface area contributed by atoms with E-state index in [-0.39, 0.29) is 33.2 Å². The SMILES string of the molecule is CC(C)(C)c1nc(-c2cccc(CNS(=O)(=O)c3cccs3)c2F)c(-c2ccnc(N)n2)s1. The van der Waals surface area contributed by atoms with E-state index >= 15 is 4.39 Å². The normalized spacial score (nSPS) is 12.2. The number of nitrogens with one attached hydrogen (secondary N) is 1. The second-order valence-corrected chi connectivity index (χ2v) is 12.2. The number of aromatic nitrogens is 3. The van der Waals surface area contributed by atoms with Crippen LogP contribution in [0.3, 0.4) is 0 Å². The first-order valence-corrected chi connectivity index (χ1v) is 13.2. The maximum atomic E-state index is 15.6. The summed E-state index contributed by atoms with van der Waals surface area (Å²) in [4.78, 5) is 13.7. The van der Waals surface area contributed by atoms with Crippen molar-refractivity contribution in [3.05, 3.63) is 64.4 Å². The van der Waals surface area contributed by atoms with Crippen LogP contribution >= 0.6 is 22.7 Å². The maximum Gasteiger partial charge on any atom is 0.250 e. The van der Waals surface area contributed by atoms with E-state index in [1.165, 1.54) is 17.4 Å². The van der Waals surface area contributed by atoms with Crippen molar-refractivity contribution >= 4 is 38.6 Å². The minimum absolute atomic E-state index is 0.112. The Kier molecular flexibility index (Phi) is 6.32. The molecule has 3 heterocycles. The molecule has 0 atom stereocenters. The molecule has 0 bridgehead atoms. The lowest BCUT2D eigenvalue weighted by molar-refractivity contribution is 0.576. The van der Waals surface area contributed by atoms with Crippen LogP contribution in [0.25, 0.3) is 21.8 Å². The fourth-order valence-electron chi connectivity index (χ4n) is 3.06. The van der Waals surface area contributed by atoms with E-state index in [1.807, 2.05) is 20.8 Å². The summed E-state index contributed by atoms with van der Waals surface area (Å²) >= 11 is 2.52. The minimum atomic E-state index is -3.72. The smallest absolute Gasteiger partial charge is 0.250 e. The average Bonchev–Trinajstić information content (AvgIpc) is 3.44. The Labute approximate surface area is 199 Å². The highest BCUT2D eigenvalue weighted by atomic mass is 32.2. The number of rotatable bonds is 6. The number of nitrogens with two attached hydrogens (primary N) is 1. The Morgan fingerprint density at radius 1 is 1.12 bits per heavy atom. The zero-order valence-electron chi connectivity index (χ0n) is 18.2. The highest BCUT2D eigenvalue weighted by Crippen LogP contribution is 2.41. The van der Waals surface area contributed by atoms with Gasteiger partial charge in [0.05, 0.1) is 21.3 Å². The Morgan fingerprint density at radius 3 is 2.58 bits per heavy atom. The molecule has 0 aliphatic carbocycles. The van der Waals surface area contributed by atoms with Crippen molar-refractivity contribution in [2.24, 2.45) is 0 Å². The quantitative estimate of drug-likeness (QED) is 0.390. The summed E-state index contributed by atoms with van der Waals surface area (Å²) < 4.78 is 43.2. The van der Waals surface area contributed by atoms with Gasteiger partial charge in [-0.1, -0.05) is 39.0 Å². The predicted molar refractivity (Wildman–Crippen MR) is 130 cm³/mol. The predicted octanol–water partition coefficient (Wildman–Crippen LogP) is 4.83. The van der Waals surface area contributed by atoms with Crippen LogP contribution in [0.2, 0.25) is 0 Å². The summed E-state index contributed by atoms with van der Waals surface area (Å²) in [7, 11) is -3.72. The number of benzene rings is 1. The van der Waals surface area contributed by atoms with Gasteiger partial charge in [0, 0.05) is 29.3 Å². The van der Waals surface area contributed by atoms with Crippen LogP contribution in [-0.4, -0.2) is 23.4 Å². The molecule has 4 aromatic rings. The van der Waals surface area contributed by atoms with Crippen molar-refractivity contribution < 1.29 is 12.8 Å². The van der Waals surface area contributed by atoms with Gasteiger partial charge in [-0.2, -0.15) is 0 Å². The molecule has 11 heteroatoms. The van der Waals surface area contributed by atoms with Crippen molar-refractivity contribution in [1.29, 1.82) is 0 Å². The Hall–Kier alpha value is -2.73. The molecule has 33 heavy (non-hydrogen) atoms. The van der Waals surface area contributed by atoms with Crippen molar-refractivity contribution in [2.75, 3.05) is 5.73 Å². The summed E-state index contributed by atoms with van der Waals surface area (Å²) in [5.74, 6) is -0.429. The molecule has 0 aliphatic rings. The number of sulfonamides is 1. The van der Waals surface area contributed by atoms with Gasteiger partial charge in [-0.05, 0) is 23.6 Å². The third kappa shape index (κ3) is 4.96. The van der Waals surface area contributed by atoms with Crippen LogP contribution in [0.15, 0.2) is 52.2 Å². The molecular formula is C22H22FN5O2S3. The number of hydrogen-bond acceptors (Lipinski definition) is 8. The Bertz CT molecular complexity index is 1390. The van der Waals surface area contributed by atoms with Gasteiger partial charge in [0.1, 0.15) is 10.0 Å². The standard InChI is InChI=1S/C22H22FN5O2S3/c1-22(2,3)20-28-18(19(32-20)15-9-10-25-21(24)27-15)14-7-4-6-13(17(14)23)12-26-33(29,30)16-8-5-11-31-16/h4-11,26H,12H2,1-3H3,(H2,24,25,27). The lowest BCUT2D eigenvalue weighted by atomic mass is 9.98. The van der Waals surface area contributed by atoms with E-state index in [9.17, 15) is 8.42 Å². The third-order valence-electron chi connectivity index (χ3n) is 4.72. The van der Waals surface area contributed by atoms with E-state index in [4.69, 9.17) is 10.7 Å². The van der Waals surface area contributed by atoms with Gasteiger partial charge in [0.15, 0.2) is 0 Å².